The molecule has 0 saturated carbocycles. The summed E-state index contributed by atoms with van der Waals surface area (Å²) in [5.74, 6) is 0. The highest BCUT2D eigenvalue weighted by Crippen LogP contribution is 2.43. The van der Waals surface area contributed by atoms with Crippen molar-refractivity contribution in [2.45, 2.75) is 6.42 Å². The van der Waals surface area contributed by atoms with Gasteiger partial charge in [-0.05, 0) is 46.2 Å². The first-order valence-electron chi connectivity index (χ1n) is 9.42. The molecule has 130 valence electrons. The lowest BCUT2D eigenvalue weighted by Gasteiger charge is -2.12. The molecule has 4 nitrogen and oxygen atoms in total. The molecule has 0 N–H and O–H groups in total. The summed E-state index contributed by atoms with van der Waals surface area (Å²) in [5.41, 5.74) is 9.51. The standard InChI is InChI=1S/C24H14N4/c1-2-4-15-14(3-1)11-18-16(15)5-6-17-19-12-25-10-8-21(19)28-22-13-26-9-7-20(22)27-24(28)23(17)18/h1-10,12-13H,11H2. The fourth-order valence-corrected chi connectivity index (χ4v) is 4.82. The number of benzene rings is 2. The first-order chi connectivity index (χ1) is 13.9. The van der Waals surface area contributed by atoms with E-state index in [9.17, 15) is 0 Å². The van der Waals surface area contributed by atoms with E-state index in [1.165, 1.54) is 33.0 Å². The van der Waals surface area contributed by atoms with Gasteiger partial charge in [-0.15, -0.1) is 0 Å². The lowest BCUT2D eigenvalue weighted by molar-refractivity contribution is 1.25. The summed E-state index contributed by atoms with van der Waals surface area (Å²) >= 11 is 0. The van der Waals surface area contributed by atoms with Crippen LogP contribution in [0.1, 0.15) is 11.1 Å². The fraction of sp³-hybridized carbons (Fsp3) is 0.0417. The second-order valence-electron chi connectivity index (χ2n) is 7.38. The summed E-state index contributed by atoms with van der Waals surface area (Å²) in [5, 5.41) is 3.59. The van der Waals surface area contributed by atoms with Gasteiger partial charge in [0.2, 0.25) is 0 Å². The Morgan fingerprint density at radius 2 is 1.64 bits per heavy atom. The molecule has 0 amide bonds. The largest absolute Gasteiger partial charge is 0.290 e. The summed E-state index contributed by atoms with van der Waals surface area (Å²) in [7, 11) is 0. The monoisotopic (exact) mass is 358 g/mol. The third-order valence-electron chi connectivity index (χ3n) is 6.00. The van der Waals surface area contributed by atoms with Gasteiger partial charge in [0.05, 0.1) is 22.7 Å². The molecule has 0 bridgehead atoms. The molecular formula is C24H14N4. The first kappa shape index (κ1) is 14.3. The van der Waals surface area contributed by atoms with Crippen molar-refractivity contribution in [1.29, 1.82) is 0 Å². The third-order valence-corrected chi connectivity index (χ3v) is 6.00. The van der Waals surface area contributed by atoms with E-state index in [0.717, 1.165) is 34.0 Å². The van der Waals surface area contributed by atoms with Crippen LogP contribution < -0.4 is 0 Å². The van der Waals surface area contributed by atoms with Crippen molar-refractivity contribution < 1.29 is 0 Å². The molecule has 4 heteroatoms. The summed E-state index contributed by atoms with van der Waals surface area (Å²) in [4.78, 5) is 13.8. The molecule has 2 aromatic carbocycles. The van der Waals surface area contributed by atoms with Crippen LogP contribution in [0.2, 0.25) is 0 Å². The van der Waals surface area contributed by atoms with E-state index in [1.807, 2.05) is 24.7 Å². The van der Waals surface area contributed by atoms with E-state index in [4.69, 9.17) is 4.98 Å². The molecule has 0 aliphatic heterocycles. The zero-order valence-electron chi connectivity index (χ0n) is 14.9. The van der Waals surface area contributed by atoms with Gasteiger partial charge in [0.1, 0.15) is 5.65 Å². The van der Waals surface area contributed by atoms with Gasteiger partial charge in [-0.2, -0.15) is 0 Å². The molecule has 0 radical (unpaired) electrons. The number of fused-ring (bicyclic) bond motifs is 12. The lowest BCUT2D eigenvalue weighted by atomic mass is 9.98. The van der Waals surface area contributed by atoms with E-state index in [1.54, 1.807) is 6.20 Å². The van der Waals surface area contributed by atoms with Crippen molar-refractivity contribution >= 4 is 38.4 Å². The van der Waals surface area contributed by atoms with Crippen LogP contribution in [0.25, 0.3) is 49.5 Å². The average Bonchev–Trinajstić information content (AvgIpc) is 3.32. The van der Waals surface area contributed by atoms with Gasteiger partial charge in [-0.25, -0.2) is 4.98 Å². The second kappa shape index (κ2) is 4.93. The van der Waals surface area contributed by atoms with Crippen LogP contribution >= 0.6 is 0 Å². The van der Waals surface area contributed by atoms with Gasteiger partial charge in [-0.3, -0.25) is 14.4 Å². The van der Waals surface area contributed by atoms with Gasteiger partial charge in [0.15, 0.2) is 0 Å². The van der Waals surface area contributed by atoms with Crippen LogP contribution in [0.15, 0.2) is 73.3 Å². The van der Waals surface area contributed by atoms with Crippen molar-refractivity contribution in [3.05, 3.63) is 84.4 Å². The van der Waals surface area contributed by atoms with Gasteiger partial charge < -0.3 is 0 Å². The molecule has 6 aromatic rings. The maximum atomic E-state index is 5.04. The predicted octanol–water partition coefficient (Wildman–Crippen LogP) is 5.16. The summed E-state index contributed by atoms with van der Waals surface area (Å²) in [6.07, 6.45) is 8.46. The van der Waals surface area contributed by atoms with Crippen molar-refractivity contribution in [3.63, 3.8) is 0 Å². The Kier molecular flexibility index (Phi) is 2.51. The molecular weight excluding hydrogens is 344 g/mol. The molecule has 0 saturated heterocycles. The number of imidazole rings is 1. The van der Waals surface area contributed by atoms with Crippen LogP contribution in [-0.4, -0.2) is 19.4 Å². The maximum absolute atomic E-state index is 5.04. The lowest BCUT2D eigenvalue weighted by Crippen LogP contribution is -1.95. The number of hydrogen-bond donors (Lipinski definition) is 0. The zero-order valence-corrected chi connectivity index (χ0v) is 14.9. The van der Waals surface area contributed by atoms with Crippen LogP contribution in [-0.2, 0) is 6.42 Å². The van der Waals surface area contributed by atoms with Crippen molar-refractivity contribution in [3.8, 4) is 11.1 Å². The van der Waals surface area contributed by atoms with Crippen LogP contribution in [0.5, 0.6) is 0 Å². The molecule has 0 spiro atoms. The molecule has 7 rings (SSSR count). The van der Waals surface area contributed by atoms with E-state index in [-0.39, 0.29) is 0 Å². The van der Waals surface area contributed by atoms with Crippen LogP contribution in [0, 0.1) is 0 Å². The Balaban J connectivity index is 1.79. The number of nitrogens with zero attached hydrogens (tertiary/aromatic N) is 4. The fourth-order valence-electron chi connectivity index (χ4n) is 4.82. The van der Waals surface area contributed by atoms with E-state index in [0.29, 0.717) is 0 Å². The van der Waals surface area contributed by atoms with Crippen LogP contribution in [0.3, 0.4) is 0 Å². The highest BCUT2D eigenvalue weighted by Gasteiger charge is 2.24. The minimum atomic E-state index is 0.936. The Hall–Kier alpha value is -3.79. The van der Waals surface area contributed by atoms with E-state index < -0.39 is 0 Å². The molecule has 0 atom stereocenters. The first-order valence-corrected chi connectivity index (χ1v) is 9.42. The number of hydrogen-bond acceptors (Lipinski definition) is 3. The SMILES string of the molecule is c1ccc2c(c1)Cc1c-2ccc2c3cnccc3n3c4cnccc4nc3c12. The molecule has 4 heterocycles. The topological polar surface area (TPSA) is 43.1 Å². The molecule has 0 fully saturated rings. The normalized spacial score (nSPS) is 12.9. The average molecular weight is 358 g/mol. The third kappa shape index (κ3) is 1.63. The molecule has 4 aromatic heterocycles. The van der Waals surface area contributed by atoms with Crippen molar-refractivity contribution in [2.24, 2.45) is 0 Å². The summed E-state index contributed by atoms with van der Waals surface area (Å²) in [6.45, 7) is 0. The van der Waals surface area contributed by atoms with E-state index >= 15 is 0 Å². The summed E-state index contributed by atoms with van der Waals surface area (Å²) < 4.78 is 2.24. The Labute approximate surface area is 160 Å². The number of pyridine rings is 3. The molecule has 28 heavy (non-hydrogen) atoms. The highest BCUT2D eigenvalue weighted by atomic mass is 15.0. The van der Waals surface area contributed by atoms with E-state index in [2.05, 4.69) is 56.8 Å². The summed E-state index contributed by atoms with van der Waals surface area (Å²) in [6, 6.07) is 17.2. The molecule has 0 unspecified atom stereocenters. The van der Waals surface area contributed by atoms with Crippen molar-refractivity contribution in [1.82, 2.24) is 19.4 Å². The highest BCUT2D eigenvalue weighted by molar-refractivity contribution is 6.16. The van der Waals surface area contributed by atoms with Gasteiger partial charge in [0, 0.05) is 29.4 Å². The van der Waals surface area contributed by atoms with Crippen LogP contribution in [0.4, 0.5) is 0 Å². The van der Waals surface area contributed by atoms with Gasteiger partial charge >= 0.3 is 0 Å². The second-order valence-corrected chi connectivity index (χ2v) is 7.38. The Morgan fingerprint density at radius 3 is 2.64 bits per heavy atom. The van der Waals surface area contributed by atoms with Crippen molar-refractivity contribution in [2.75, 3.05) is 0 Å². The predicted molar refractivity (Wildman–Crippen MR) is 112 cm³/mol. The number of aromatic nitrogens is 4. The smallest absolute Gasteiger partial charge is 0.146 e. The molecule has 1 aliphatic carbocycles. The van der Waals surface area contributed by atoms with Gasteiger partial charge in [-0.1, -0.05) is 36.4 Å². The zero-order chi connectivity index (χ0) is 18.2. The number of rotatable bonds is 0. The minimum absolute atomic E-state index is 0.936. The van der Waals surface area contributed by atoms with Gasteiger partial charge in [0.25, 0.3) is 0 Å². The quantitative estimate of drug-likeness (QED) is 0.352. The molecule has 1 aliphatic rings. The minimum Gasteiger partial charge on any atom is -0.290 e. The Bertz CT molecular complexity index is 1590. The Morgan fingerprint density at radius 1 is 0.750 bits per heavy atom. The maximum Gasteiger partial charge on any atom is 0.146 e.